The largest absolute Gasteiger partial charge is 0.481 e. The fraction of sp³-hybridized carbons (Fsp3) is 0.467. The van der Waals surface area contributed by atoms with Crippen LogP contribution in [0.2, 0.25) is 0 Å². The predicted molar refractivity (Wildman–Crippen MR) is 76.5 cm³/mol. The van der Waals surface area contributed by atoms with Gasteiger partial charge in [0.15, 0.2) is 0 Å². The summed E-state index contributed by atoms with van der Waals surface area (Å²) >= 11 is 0. The molecule has 0 atom stereocenters. The molecule has 108 valence electrons. The molecule has 0 radical (unpaired) electrons. The Kier molecular flexibility index (Phi) is 4.27. The molecule has 1 saturated heterocycles. The van der Waals surface area contributed by atoms with Crippen molar-refractivity contribution in [3.63, 3.8) is 0 Å². The van der Waals surface area contributed by atoms with Gasteiger partial charge in [-0.15, -0.1) is 0 Å². The van der Waals surface area contributed by atoms with Crippen molar-refractivity contribution in [3.8, 4) is 0 Å². The maximum atomic E-state index is 12.1. The Balaban J connectivity index is 1.82. The lowest BCUT2D eigenvalue weighted by Crippen LogP contribution is -2.46. The molecular formula is C15H20N2O3. The smallest absolute Gasteiger partial charge is 0.309 e. The maximum Gasteiger partial charge on any atom is 0.309 e. The van der Waals surface area contributed by atoms with Gasteiger partial charge in [0.1, 0.15) is 0 Å². The normalized spacial score (nSPS) is 17.6. The van der Waals surface area contributed by atoms with Gasteiger partial charge >= 0.3 is 5.97 Å². The molecule has 2 N–H and O–H groups in total. The average molecular weight is 276 g/mol. The fourth-order valence-corrected chi connectivity index (χ4v) is 2.31. The number of aliphatic carboxylic acids is 1. The second-order valence-corrected chi connectivity index (χ2v) is 5.47. The standard InChI is InChI=1S/C15H20N2O3/c1-15(14(19)20)7-9-17(10-8-15)13(18)11-16-12-5-3-2-4-6-12/h2-6,16H,7-11H2,1H3,(H,19,20). The van der Waals surface area contributed by atoms with E-state index < -0.39 is 11.4 Å². The number of amides is 1. The Morgan fingerprint density at radius 1 is 1.25 bits per heavy atom. The molecule has 1 aliphatic heterocycles. The first kappa shape index (κ1) is 14.4. The fourth-order valence-electron chi connectivity index (χ4n) is 2.31. The number of carbonyl (C=O) groups is 2. The summed E-state index contributed by atoms with van der Waals surface area (Å²) in [5, 5.41) is 12.2. The summed E-state index contributed by atoms with van der Waals surface area (Å²) in [5.74, 6) is -0.756. The van der Waals surface area contributed by atoms with Gasteiger partial charge in [0, 0.05) is 18.8 Å². The summed E-state index contributed by atoms with van der Waals surface area (Å²) in [6.07, 6.45) is 1.03. The number of benzene rings is 1. The van der Waals surface area contributed by atoms with Crippen LogP contribution in [0.15, 0.2) is 30.3 Å². The Labute approximate surface area is 118 Å². The van der Waals surface area contributed by atoms with Crippen LogP contribution in [0, 0.1) is 5.41 Å². The van der Waals surface area contributed by atoms with Crippen LogP contribution in [0.3, 0.4) is 0 Å². The number of para-hydroxylation sites is 1. The lowest BCUT2D eigenvalue weighted by Gasteiger charge is -2.36. The molecule has 5 heteroatoms. The molecule has 1 aromatic rings. The highest BCUT2D eigenvalue weighted by molar-refractivity contribution is 5.81. The van der Waals surface area contributed by atoms with E-state index in [2.05, 4.69) is 5.32 Å². The summed E-state index contributed by atoms with van der Waals surface area (Å²) < 4.78 is 0. The van der Waals surface area contributed by atoms with E-state index in [9.17, 15) is 9.59 Å². The average Bonchev–Trinajstić information content (AvgIpc) is 2.46. The minimum atomic E-state index is -0.771. The van der Waals surface area contributed by atoms with Crippen molar-refractivity contribution < 1.29 is 14.7 Å². The molecule has 1 aromatic carbocycles. The highest BCUT2D eigenvalue weighted by atomic mass is 16.4. The van der Waals surface area contributed by atoms with E-state index in [1.165, 1.54) is 0 Å². The molecule has 20 heavy (non-hydrogen) atoms. The van der Waals surface area contributed by atoms with Crippen molar-refractivity contribution in [1.82, 2.24) is 4.90 Å². The number of nitrogens with one attached hydrogen (secondary N) is 1. The highest BCUT2D eigenvalue weighted by Crippen LogP contribution is 2.30. The van der Waals surface area contributed by atoms with E-state index in [0.717, 1.165) is 5.69 Å². The van der Waals surface area contributed by atoms with Crippen LogP contribution in [-0.4, -0.2) is 41.5 Å². The van der Waals surface area contributed by atoms with E-state index in [1.54, 1.807) is 11.8 Å². The zero-order valence-electron chi connectivity index (χ0n) is 11.6. The lowest BCUT2D eigenvalue weighted by atomic mass is 9.80. The molecular weight excluding hydrogens is 256 g/mol. The minimum absolute atomic E-state index is 0.0151. The molecule has 0 unspecified atom stereocenters. The van der Waals surface area contributed by atoms with Crippen LogP contribution in [0.25, 0.3) is 0 Å². The Morgan fingerprint density at radius 3 is 2.40 bits per heavy atom. The SMILES string of the molecule is CC1(C(=O)O)CCN(C(=O)CNc2ccccc2)CC1. The topological polar surface area (TPSA) is 69.6 Å². The number of piperidine rings is 1. The minimum Gasteiger partial charge on any atom is -0.481 e. The summed E-state index contributed by atoms with van der Waals surface area (Å²) in [6.45, 7) is 3.02. The third-order valence-electron chi connectivity index (χ3n) is 3.95. The van der Waals surface area contributed by atoms with Gasteiger partial charge in [-0.05, 0) is 31.9 Å². The van der Waals surface area contributed by atoms with Gasteiger partial charge in [-0.25, -0.2) is 0 Å². The van der Waals surface area contributed by atoms with Crippen molar-refractivity contribution in [3.05, 3.63) is 30.3 Å². The van der Waals surface area contributed by atoms with Crippen molar-refractivity contribution in [2.75, 3.05) is 25.0 Å². The third-order valence-corrected chi connectivity index (χ3v) is 3.95. The first-order valence-corrected chi connectivity index (χ1v) is 6.81. The van der Waals surface area contributed by atoms with Gasteiger partial charge in [0.2, 0.25) is 5.91 Å². The number of hydrogen-bond donors (Lipinski definition) is 2. The molecule has 5 nitrogen and oxygen atoms in total. The molecule has 0 aliphatic carbocycles. The van der Waals surface area contributed by atoms with Crippen LogP contribution in [-0.2, 0) is 9.59 Å². The van der Waals surface area contributed by atoms with Gasteiger partial charge in [-0.2, -0.15) is 0 Å². The van der Waals surface area contributed by atoms with Gasteiger partial charge in [-0.1, -0.05) is 18.2 Å². The molecule has 2 rings (SSSR count). The van der Waals surface area contributed by atoms with Crippen molar-refractivity contribution >= 4 is 17.6 Å². The zero-order valence-corrected chi connectivity index (χ0v) is 11.6. The quantitative estimate of drug-likeness (QED) is 0.880. The number of anilines is 1. The molecule has 1 amide bonds. The Hall–Kier alpha value is -2.04. The first-order valence-electron chi connectivity index (χ1n) is 6.81. The van der Waals surface area contributed by atoms with Crippen LogP contribution in [0.4, 0.5) is 5.69 Å². The second-order valence-electron chi connectivity index (χ2n) is 5.47. The number of likely N-dealkylation sites (tertiary alicyclic amines) is 1. The zero-order chi connectivity index (χ0) is 14.6. The van der Waals surface area contributed by atoms with E-state index in [0.29, 0.717) is 25.9 Å². The Morgan fingerprint density at radius 2 is 1.85 bits per heavy atom. The summed E-state index contributed by atoms with van der Waals surface area (Å²) in [4.78, 5) is 25.0. The molecule has 0 saturated carbocycles. The maximum absolute atomic E-state index is 12.1. The Bertz CT molecular complexity index is 479. The van der Waals surface area contributed by atoms with Gasteiger partial charge in [0.05, 0.1) is 12.0 Å². The van der Waals surface area contributed by atoms with Gasteiger partial charge in [0.25, 0.3) is 0 Å². The van der Waals surface area contributed by atoms with E-state index in [4.69, 9.17) is 5.11 Å². The lowest BCUT2D eigenvalue weighted by molar-refractivity contribution is -0.152. The molecule has 0 aromatic heterocycles. The first-order chi connectivity index (χ1) is 9.51. The second kappa shape index (κ2) is 5.94. The van der Waals surface area contributed by atoms with E-state index in [1.807, 2.05) is 30.3 Å². The number of nitrogens with zero attached hydrogens (tertiary/aromatic N) is 1. The van der Waals surface area contributed by atoms with Gasteiger partial charge in [-0.3, -0.25) is 9.59 Å². The molecule has 0 spiro atoms. The van der Waals surface area contributed by atoms with E-state index >= 15 is 0 Å². The van der Waals surface area contributed by atoms with Crippen LogP contribution in [0.5, 0.6) is 0 Å². The summed E-state index contributed by atoms with van der Waals surface area (Å²) in [5.41, 5.74) is 0.220. The van der Waals surface area contributed by atoms with Crippen molar-refractivity contribution in [2.24, 2.45) is 5.41 Å². The molecule has 0 bridgehead atoms. The monoisotopic (exact) mass is 276 g/mol. The van der Waals surface area contributed by atoms with Crippen molar-refractivity contribution in [2.45, 2.75) is 19.8 Å². The molecule has 1 heterocycles. The number of carboxylic acid groups (broad SMARTS) is 1. The molecule has 1 fully saturated rings. The molecule has 1 aliphatic rings. The van der Waals surface area contributed by atoms with Crippen LogP contribution < -0.4 is 5.32 Å². The van der Waals surface area contributed by atoms with Gasteiger partial charge < -0.3 is 15.3 Å². The van der Waals surface area contributed by atoms with E-state index in [-0.39, 0.29) is 12.5 Å². The number of carboxylic acids is 1. The van der Waals surface area contributed by atoms with Crippen LogP contribution in [0.1, 0.15) is 19.8 Å². The highest BCUT2D eigenvalue weighted by Gasteiger charge is 2.37. The number of hydrogen-bond acceptors (Lipinski definition) is 3. The van der Waals surface area contributed by atoms with Crippen LogP contribution >= 0.6 is 0 Å². The third kappa shape index (κ3) is 3.29. The number of rotatable bonds is 4. The number of carbonyl (C=O) groups excluding carboxylic acids is 1. The summed E-state index contributed by atoms with van der Waals surface area (Å²) in [6, 6.07) is 9.55. The predicted octanol–water partition coefficient (Wildman–Crippen LogP) is 1.81. The summed E-state index contributed by atoms with van der Waals surface area (Å²) in [7, 11) is 0. The van der Waals surface area contributed by atoms with Crippen molar-refractivity contribution in [1.29, 1.82) is 0 Å².